The Morgan fingerprint density at radius 3 is 2.35 bits per heavy atom. The fourth-order valence-electron chi connectivity index (χ4n) is 1.10. The molecule has 0 fully saturated rings. The van der Waals surface area contributed by atoms with E-state index in [0.29, 0.717) is 11.2 Å². The summed E-state index contributed by atoms with van der Waals surface area (Å²) in [7, 11) is -1.17. The third-order valence-electron chi connectivity index (χ3n) is 2.95. The van der Waals surface area contributed by atoms with Gasteiger partial charge in [0.1, 0.15) is 0 Å². The lowest BCUT2D eigenvalue weighted by Gasteiger charge is -2.38. The summed E-state index contributed by atoms with van der Waals surface area (Å²) in [5.74, 6) is 0. The molecule has 0 aliphatic carbocycles. The zero-order valence-corrected chi connectivity index (χ0v) is 10.6. The lowest BCUT2D eigenvalue weighted by Crippen LogP contribution is -2.53. The molecule has 0 aromatic carbocycles. The lowest BCUT2D eigenvalue weighted by molar-refractivity contribution is -0.0982. The minimum atomic E-state index is -1.17. The van der Waals surface area contributed by atoms with Gasteiger partial charge in [0.2, 0.25) is 0 Å². The summed E-state index contributed by atoms with van der Waals surface area (Å²) >= 11 is 0. The molecule has 0 spiro atoms. The average molecular weight is 238 g/mol. The molecule has 1 heterocycles. The van der Waals surface area contributed by atoms with Gasteiger partial charge in [0.25, 0.3) is 0 Å². The standard InChI is InChI=1S/C11H19BN2O3/c1-10(2,15)11(3,4)17-12(16)8-5-9(13)7-14-6-8/h5-7,15-16H,13H2,1-4H3. The molecule has 0 radical (unpaired) electrons. The number of rotatable bonds is 4. The van der Waals surface area contributed by atoms with Crippen LogP contribution in [0.3, 0.4) is 0 Å². The van der Waals surface area contributed by atoms with Crippen LogP contribution < -0.4 is 11.2 Å². The van der Waals surface area contributed by atoms with Gasteiger partial charge in [-0.3, -0.25) is 4.98 Å². The molecule has 94 valence electrons. The minimum Gasteiger partial charge on any atom is -0.423 e. The summed E-state index contributed by atoms with van der Waals surface area (Å²) in [5, 5.41) is 19.8. The molecular formula is C11H19BN2O3. The fourth-order valence-corrected chi connectivity index (χ4v) is 1.10. The number of hydrogen-bond donors (Lipinski definition) is 3. The predicted octanol–water partition coefficient (Wildman–Crippen LogP) is -0.0826. The third-order valence-corrected chi connectivity index (χ3v) is 2.95. The molecule has 0 bridgehead atoms. The van der Waals surface area contributed by atoms with Crippen LogP contribution >= 0.6 is 0 Å². The van der Waals surface area contributed by atoms with Crippen LogP contribution in [0.15, 0.2) is 18.5 Å². The second-order valence-corrected chi connectivity index (χ2v) is 5.09. The minimum absolute atomic E-state index is 0.450. The van der Waals surface area contributed by atoms with E-state index in [1.807, 2.05) is 0 Å². The molecule has 1 aromatic heterocycles. The summed E-state index contributed by atoms with van der Waals surface area (Å²) in [5.41, 5.74) is 4.49. The van der Waals surface area contributed by atoms with Crippen molar-refractivity contribution in [3.8, 4) is 0 Å². The number of nitrogens with zero attached hydrogens (tertiary/aromatic N) is 1. The molecule has 4 N–H and O–H groups in total. The second-order valence-electron chi connectivity index (χ2n) is 5.09. The summed E-state index contributed by atoms with van der Waals surface area (Å²) in [6.45, 7) is 6.65. The molecule has 1 aromatic rings. The van der Waals surface area contributed by atoms with E-state index >= 15 is 0 Å². The summed E-state index contributed by atoms with van der Waals surface area (Å²) in [6, 6.07) is 1.58. The Labute approximate surface area is 102 Å². The highest BCUT2D eigenvalue weighted by molar-refractivity contribution is 6.60. The predicted molar refractivity (Wildman–Crippen MR) is 67.7 cm³/mol. The van der Waals surface area contributed by atoms with Gasteiger partial charge in [-0.1, -0.05) is 0 Å². The maximum Gasteiger partial charge on any atom is 0.493 e. The monoisotopic (exact) mass is 238 g/mol. The maximum atomic E-state index is 9.92. The summed E-state index contributed by atoms with van der Waals surface area (Å²) < 4.78 is 5.45. The number of pyridine rings is 1. The van der Waals surface area contributed by atoms with Gasteiger partial charge in [0, 0.05) is 23.5 Å². The highest BCUT2D eigenvalue weighted by Crippen LogP contribution is 2.25. The fraction of sp³-hybridized carbons (Fsp3) is 0.545. The van der Waals surface area contributed by atoms with Crippen LogP contribution in [0.4, 0.5) is 5.69 Å². The van der Waals surface area contributed by atoms with E-state index in [1.165, 1.54) is 12.4 Å². The Hall–Kier alpha value is -1.11. The van der Waals surface area contributed by atoms with Crippen molar-refractivity contribution < 1.29 is 14.8 Å². The molecule has 0 aliphatic heterocycles. The summed E-state index contributed by atoms with van der Waals surface area (Å²) in [4.78, 5) is 3.87. The van der Waals surface area contributed by atoms with E-state index < -0.39 is 18.3 Å². The van der Waals surface area contributed by atoms with Crippen molar-refractivity contribution in [3.05, 3.63) is 18.5 Å². The van der Waals surface area contributed by atoms with Crippen molar-refractivity contribution in [3.63, 3.8) is 0 Å². The Balaban J connectivity index is 2.83. The van der Waals surface area contributed by atoms with Crippen molar-refractivity contribution in [2.75, 3.05) is 5.73 Å². The Morgan fingerprint density at radius 2 is 1.88 bits per heavy atom. The highest BCUT2D eigenvalue weighted by atomic mass is 16.5. The first kappa shape index (κ1) is 14.0. The highest BCUT2D eigenvalue weighted by Gasteiger charge is 2.39. The van der Waals surface area contributed by atoms with Gasteiger partial charge < -0.3 is 20.5 Å². The molecule has 0 amide bonds. The Morgan fingerprint density at radius 1 is 1.29 bits per heavy atom. The average Bonchev–Trinajstić information content (AvgIpc) is 2.15. The topological polar surface area (TPSA) is 88.6 Å². The van der Waals surface area contributed by atoms with E-state index in [0.717, 1.165) is 0 Å². The second kappa shape index (κ2) is 4.64. The SMILES string of the molecule is CC(C)(O)C(C)(C)OB(O)c1cncc(N)c1. The molecule has 5 nitrogen and oxygen atoms in total. The van der Waals surface area contributed by atoms with E-state index in [9.17, 15) is 10.1 Å². The molecule has 0 saturated carbocycles. The molecule has 17 heavy (non-hydrogen) atoms. The van der Waals surface area contributed by atoms with E-state index in [1.54, 1.807) is 33.8 Å². The van der Waals surface area contributed by atoms with Gasteiger partial charge in [-0.05, 0) is 33.8 Å². The number of aliphatic hydroxyl groups is 1. The number of anilines is 1. The van der Waals surface area contributed by atoms with Gasteiger partial charge in [0.15, 0.2) is 0 Å². The third kappa shape index (κ3) is 3.42. The van der Waals surface area contributed by atoms with Crippen LogP contribution in [0, 0.1) is 0 Å². The van der Waals surface area contributed by atoms with E-state index in [4.69, 9.17) is 10.4 Å². The zero-order chi connectivity index (χ0) is 13.3. The van der Waals surface area contributed by atoms with Crippen LogP contribution in [-0.4, -0.2) is 33.4 Å². The Bertz CT molecular complexity index is 391. The van der Waals surface area contributed by atoms with Gasteiger partial charge in [-0.25, -0.2) is 0 Å². The molecule has 0 unspecified atom stereocenters. The molecule has 0 atom stereocenters. The first-order chi connectivity index (χ1) is 7.63. The van der Waals surface area contributed by atoms with Gasteiger partial charge >= 0.3 is 7.12 Å². The van der Waals surface area contributed by atoms with Crippen molar-refractivity contribution >= 4 is 18.3 Å². The zero-order valence-electron chi connectivity index (χ0n) is 10.6. The van der Waals surface area contributed by atoms with Gasteiger partial charge in [-0.15, -0.1) is 0 Å². The molecule has 6 heteroatoms. The molecule has 1 rings (SSSR count). The van der Waals surface area contributed by atoms with Crippen LogP contribution in [0.25, 0.3) is 0 Å². The van der Waals surface area contributed by atoms with E-state index in [-0.39, 0.29) is 0 Å². The maximum absolute atomic E-state index is 9.92. The van der Waals surface area contributed by atoms with Crippen molar-refractivity contribution in [2.24, 2.45) is 0 Å². The van der Waals surface area contributed by atoms with Crippen molar-refractivity contribution in [1.82, 2.24) is 4.98 Å². The van der Waals surface area contributed by atoms with Crippen LogP contribution in [0.2, 0.25) is 0 Å². The number of nitrogen functional groups attached to an aromatic ring is 1. The number of aromatic nitrogens is 1. The molecular weight excluding hydrogens is 219 g/mol. The van der Waals surface area contributed by atoms with Crippen molar-refractivity contribution in [1.29, 1.82) is 0 Å². The quantitative estimate of drug-likeness (QED) is 0.638. The lowest BCUT2D eigenvalue weighted by atomic mass is 9.77. The largest absolute Gasteiger partial charge is 0.493 e. The first-order valence-corrected chi connectivity index (χ1v) is 5.42. The number of hydrogen-bond acceptors (Lipinski definition) is 5. The Kier molecular flexibility index (Phi) is 3.81. The normalized spacial score (nSPS) is 12.6. The first-order valence-electron chi connectivity index (χ1n) is 5.42. The van der Waals surface area contributed by atoms with E-state index in [2.05, 4.69) is 4.98 Å². The van der Waals surface area contributed by atoms with Gasteiger partial charge in [-0.2, -0.15) is 0 Å². The number of nitrogens with two attached hydrogens (primary N) is 1. The van der Waals surface area contributed by atoms with Crippen LogP contribution in [0.5, 0.6) is 0 Å². The van der Waals surface area contributed by atoms with Gasteiger partial charge in [0.05, 0.1) is 11.2 Å². The van der Waals surface area contributed by atoms with Crippen LogP contribution in [-0.2, 0) is 4.65 Å². The summed E-state index contributed by atoms with van der Waals surface area (Å²) in [6.07, 6.45) is 2.96. The molecule has 0 saturated heterocycles. The smallest absolute Gasteiger partial charge is 0.423 e. The van der Waals surface area contributed by atoms with Crippen molar-refractivity contribution in [2.45, 2.75) is 38.9 Å². The van der Waals surface area contributed by atoms with Crippen LogP contribution in [0.1, 0.15) is 27.7 Å². The molecule has 0 aliphatic rings.